The lowest BCUT2D eigenvalue weighted by Crippen LogP contribution is -2.15. The van der Waals surface area contributed by atoms with Crippen molar-refractivity contribution in [1.29, 1.82) is 0 Å². The molecule has 4 heteroatoms. The largest absolute Gasteiger partial charge is 0.491 e. The van der Waals surface area contributed by atoms with Crippen molar-refractivity contribution in [2.75, 3.05) is 0 Å². The molecule has 0 aliphatic rings. The number of benzene rings is 1. The lowest BCUT2D eigenvalue weighted by Gasteiger charge is -2.14. The molecule has 0 aliphatic carbocycles. The molecule has 0 aliphatic heterocycles. The molecular weight excluding hydrogens is 291 g/mol. The van der Waals surface area contributed by atoms with Crippen LogP contribution >= 0.6 is 9.24 Å². The molecule has 2 unspecified atom stereocenters. The molecule has 1 heterocycles. The van der Waals surface area contributed by atoms with E-state index < -0.39 is 0 Å². The Kier molecular flexibility index (Phi) is 8.72. The monoisotopic (exact) mass is 318 g/mol. The summed E-state index contributed by atoms with van der Waals surface area (Å²) >= 11 is 0. The number of nitrogens with zero attached hydrogens (tertiary/aromatic N) is 1. The summed E-state index contributed by atoms with van der Waals surface area (Å²) in [7, 11) is 2.80. The Morgan fingerprint density at radius 3 is 2.36 bits per heavy atom. The fourth-order valence-corrected chi connectivity index (χ4v) is 2.18. The average molecular weight is 318 g/mol. The van der Waals surface area contributed by atoms with Crippen molar-refractivity contribution in [3.63, 3.8) is 0 Å². The minimum Gasteiger partial charge on any atom is -0.491 e. The van der Waals surface area contributed by atoms with E-state index in [1.165, 1.54) is 5.56 Å². The zero-order valence-electron chi connectivity index (χ0n) is 13.9. The second-order valence-corrected chi connectivity index (χ2v) is 5.62. The SMILES string of the molecule is CC.CC(C)Oc1ccc(CNC(P)c2cccnc2)cc1. The van der Waals surface area contributed by atoms with Gasteiger partial charge in [-0.25, -0.2) is 0 Å². The fourth-order valence-electron chi connectivity index (χ4n) is 1.86. The van der Waals surface area contributed by atoms with Crippen LogP contribution in [0.3, 0.4) is 0 Å². The van der Waals surface area contributed by atoms with Gasteiger partial charge in [-0.2, -0.15) is 0 Å². The predicted octanol–water partition coefficient (Wildman–Crippen LogP) is 4.56. The van der Waals surface area contributed by atoms with Gasteiger partial charge in [-0.15, -0.1) is 9.24 Å². The van der Waals surface area contributed by atoms with Gasteiger partial charge in [-0.3, -0.25) is 4.98 Å². The van der Waals surface area contributed by atoms with Crippen molar-refractivity contribution in [3.8, 4) is 5.75 Å². The van der Waals surface area contributed by atoms with Crippen molar-refractivity contribution in [3.05, 3.63) is 59.9 Å². The summed E-state index contributed by atoms with van der Waals surface area (Å²) in [6.45, 7) is 8.87. The number of ether oxygens (including phenoxy) is 1. The van der Waals surface area contributed by atoms with Gasteiger partial charge in [0, 0.05) is 24.7 Å². The normalized spacial score (nSPS) is 11.5. The van der Waals surface area contributed by atoms with Gasteiger partial charge in [-0.05, 0) is 43.2 Å². The molecule has 2 atom stereocenters. The summed E-state index contributed by atoms with van der Waals surface area (Å²) in [6, 6.07) is 12.2. The lowest BCUT2D eigenvalue weighted by atomic mass is 10.2. The first kappa shape index (κ1) is 18.6. The highest BCUT2D eigenvalue weighted by molar-refractivity contribution is 7.17. The quantitative estimate of drug-likeness (QED) is 0.793. The van der Waals surface area contributed by atoms with Gasteiger partial charge in [0.1, 0.15) is 5.75 Å². The molecule has 0 saturated heterocycles. The Labute approximate surface area is 136 Å². The van der Waals surface area contributed by atoms with Crippen molar-refractivity contribution in [2.45, 2.75) is 46.1 Å². The van der Waals surface area contributed by atoms with E-state index in [0.29, 0.717) is 0 Å². The molecule has 1 aromatic heterocycles. The van der Waals surface area contributed by atoms with E-state index in [2.05, 4.69) is 37.7 Å². The van der Waals surface area contributed by atoms with Crippen LogP contribution in [0, 0.1) is 0 Å². The van der Waals surface area contributed by atoms with E-state index in [1.807, 2.05) is 52.1 Å². The van der Waals surface area contributed by atoms with Gasteiger partial charge in [0.25, 0.3) is 0 Å². The molecule has 2 aromatic rings. The average Bonchev–Trinajstić information content (AvgIpc) is 2.56. The minimum absolute atomic E-state index is 0.204. The fraction of sp³-hybridized carbons (Fsp3) is 0.389. The van der Waals surface area contributed by atoms with Crippen LogP contribution in [0.2, 0.25) is 0 Å². The summed E-state index contributed by atoms with van der Waals surface area (Å²) in [5, 5.41) is 3.46. The van der Waals surface area contributed by atoms with E-state index in [1.54, 1.807) is 6.20 Å². The second-order valence-electron chi connectivity index (χ2n) is 4.96. The Bertz CT molecular complexity index is 514. The van der Waals surface area contributed by atoms with Crippen molar-refractivity contribution >= 4 is 9.24 Å². The van der Waals surface area contributed by atoms with Crippen LogP contribution in [0.15, 0.2) is 48.8 Å². The molecule has 22 heavy (non-hydrogen) atoms. The van der Waals surface area contributed by atoms with Crippen molar-refractivity contribution in [2.24, 2.45) is 0 Å². The van der Waals surface area contributed by atoms with Gasteiger partial charge in [0.05, 0.1) is 6.10 Å². The molecule has 0 radical (unpaired) electrons. The van der Waals surface area contributed by atoms with Gasteiger partial charge in [-0.1, -0.05) is 32.0 Å². The highest BCUT2D eigenvalue weighted by Gasteiger charge is 2.05. The third-order valence-electron chi connectivity index (χ3n) is 2.86. The van der Waals surface area contributed by atoms with Crippen LogP contribution in [0.25, 0.3) is 0 Å². The van der Waals surface area contributed by atoms with Gasteiger partial charge in [0.2, 0.25) is 0 Å². The van der Waals surface area contributed by atoms with Crippen molar-refractivity contribution < 1.29 is 4.74 Å². The first-order valence-corrected chi connectivity index (χ1v) is 8.46. The van der Waals surface area contributed by atoms with E-state index in [0.717, 1.165) is 17.9 Å². The second kappa shape index (κ2) is 10.3. The molecule has 2 rings (SSSR count). The molecular formula is C18H27N2OP. The van der Waals surface area contributed by atoms with Gasteiger partial charge < -0.3 is 10.1 Å². The van der Waals surface area contributed by atoms with Gasteiger partial charge >= 0.3 is 0 Å². The number of nitrogens with one attached hydrogen (secondary N) is 1. The van der Waals surface area contributed by atoms with E-state index in [9.17, 15) is 0 Å². The van der Waals surface area contributed by atoms with E-state index >= 15 is 0 Å². The zero-order valence-corrected chi connectivity index (χ0v) is 15.1. The topological polar surface area (TPSA) is 34.1 Å². The standard InChI is InChI=1S/C16H21N2OP.C2H6/c1-12(2)19-15-7-5-13(6-8-15)10-18-16(20)14-4-3-9-17-11-14;1-2/h3-9,11-12,16,18H,10,20H2,1-2H3;1-2H3. The third kappa shape index (κ3) is 6.55. The first-order valence-electron chi connectivity index (χ1n) is 7.79. The molecule has 1 N–H and O–H groups in total. The lowest BCUT2D eigenvalue weighted by molar-refractivity contribution is 0.242. The number of hydrogen-bond acceptors (Lipinski definition) is 3. The summed E-state index contributed by atoms with van der Waals surface area (Å²) in [5.74, 6) is 1.12. The maximum atomic E-state index is 5.63. The molecule has 0 fully saturated rings. The number of pyridine rings is 1. The Morgan fingerprint density at radius 1 is 1.14 bits per heavy atom. The Balaban J connectivity index is 0.00000116. The summed E-state index contributed by atoms with van der Waals surface area (Å²) in [4.78, 5) is 4.13. The molecule has 3 nitrogen and oxygen atoms in total. The minimum atomic E-state index is 0.204. The van der Waals surface area contributed by atoms with Crippen LogP contribution in [0.5, 0.6) is 5.75 Å². The molecule has 0 bridgehead atoms. The zero-order chi connectivity index (χ0) is 16.4. The van der Waals surface area contributed by atoms with E-state index in [-0.39, 0.29) is 11.9 Å². The van der Waals surface area contributed by atoms with Crippen LogP contribution in [0.1, 0.15) is 44.6 Å². The summed E-state index contributed by atoms with van der Waals surface area (Å²) in [6.07, 6.45) is 3.87. The van der Waals surface area contributed by atoms with Gasteiger partial charge in [0.15, 0.2) is 0 Å². The Morgan fingerprint density at radius 2 is 1.82 bits per heavy atom. The highest BCUT2D eigenvalue weighted by atomic mass is 31.0. The Hall–Kier alpha value is -1.44. The van der Waals surface area contributed by atoms with Crippen LogP contribution < -0.4 is 10.1 Å². The van der Waals surface area contributed by atoms with Crippen molar-refractivity contribution in [1.82, 2.24) is 10.3 Å². The van der Waals surface area contributed by atoms with Crippen LogP contribution in [-0.4, -0.2) is 11.1 Å². The highest BCUT2D eigenvalue weighted by Crippen LogP contribution is 2.20. The molecule has 0 amide bonds. The third-order valence-corrected chi connectivity index (χ3v) is 3.49. The molecule has 0 saturated carbocycles. The number of rotatable bonds is 6. The summed E-state index contributed by atoms with van der Waals surface area (Å²) in [5.41, 5.74) is 2.40. The maximum Gasteiger partial charge on any atom is 0.119 e. The smallest absolute Gasteiger partial charge is 0.119 e. The summed E-state index contributed by atoms with van der Waals surface area (Å²) < 4.78 is 5.63. The van der Waals surface area contributed by atoms with Crippen LogP contribution in [-0.2, 0) is 6.54 Å². The van der Waals surface area contributed by atoms with E-state index in [4.69, 9.17) is 4.74 Å². The maximum absolute atomic E-state index is 5.63. The van der Waals surface area contributed by atoms with Crippen LogP contribution in [0.4, 0.5) is 0 Å². The molecule has 0 spiro atoms. The number of hydrogen-bond donors (Lipinski definition) is 1. The molecule has 1 aromatic carbocycles. The number of aromatic nitrogens is 1. The first-order chi connectivity index (χ1) is 10.6. The molecule has 120 valence electrons. The predicted molar refractivity (Wildman–Crippen MR) is 97.1 cm³/mol.